The second kappa shape index (κ2) is 7.54. The van der Waals surface area contributed by atoms with Gasteiger partial charge in [0.2, 0.25) is 0 Å². The van der Waals surface area contributed by atoms with Gasteiger partial charge in [-0.25, -0.2) is 9.07 Å². The summed E-state index contributed by atoms with van der Waals surface area (Å²) in [5.41, 5.74) is 5.08. The van der Waals surface area contributed by atoms with Crippen molar-refractivity contribution in [3.63, 3.8) is 0 Å². The van der Waals surface area contributed by atoms with Crippen LogP contribution in [0, 0.1) is 19.7 Å². The molecule has 4 rings (SSSR count). The number of phenols is 1. The van der Waals surface area contributed by atoms with E-state index in [4.69, 9.17) is 0 Å². The molecule has 29 heavy (non-hydrogen) atoms. The normalized spacial score (nSPS) is 14.0. The molecule has 1 aliphatic heterocycles. The SMILES string of the molecule is Cc1cc(C2=CCN(C(=O)c3cc(O)ccc3F)CC2)n(-c2ccccc2C)n1. The minimum Gasteiger partial charge on any atom is -0.508 e. The van der Waals surface area contributed by atoms with Crippen LogP contribution in [0.15, 0.2) is 54.6 Å². The van der Waals surface area contributed by atoms with Gasteiger partial charge in [-0.15, -0.1) is 0 Å². The molecule has 0 radical (unpaired) electrons. The fourth-order valence-corrected chi connectivity index (χ4v) is 3.65. The number of halogens is 1. The number of carbonyl (C=O) groups excluding carboxylic acids is 1. The molecule has 0 fully saturated rings. The summed E-state index contributed by atoms with van der Waals surface area (Å²) in [7, 11) is 0. The third-order valence-electron chi connectivity index (χ3n) is 5.18. The van der Waals surface area contributed by atoms with E-state index in [9.17, 15) is 14.3 Å². The summed E-state index contributed by atoms with van der Waals surface area (Å²) in [5, 5.41) is 14.2. The number of aryl methyl sites for hydroxylation is 2. The third-order valence-corrected chi connectivity index (χ3v) is 5.18. The maximum Gasteiger partial charge on any atom is 0.257 e. The summed E-state index contributed by atoms with van der Waals surface area (Å²) in [4.78, 5) is 14.3. The van der Waals surface area contributed by atoms with E-state index in [2.05, 4.69) is 18.1 Å². The van der Waals surface area contributed by atoms with Crippen molar-refractivity contribution in [3.05, 3.63) is 82.9 Å². The molecule has 3 aromatic rings. The molecule has 0 aliphatic carbocycles. The van der Waals surface area contributed by atoms with Crippen molar-refractivity contribution in [3.8, 4) is 11.4 Å². The van der Waals surface area contributed by atoms with Gasteiger partial charge in [-0.1, -0.05) is 24.3 Å². The van der Waals surface area contributed by atoms with Crippen LogP contribution in [0.1, 0.15) is 33.7 Å². The molecule has 148 valence electrons. The van der Waals surface area contributed by atoms with Crippen LogP contribution < -0.4 is 0 Å². The molecule has 1 amide bonds. The van der Waals surface area contributed by atoms with Crippen LogP contribution in [0.25, 0.3) is 11.3 Å². The number of carbonyl (C=O) groups is 1. The minimum atomic E-state index is -0.629. The molecule has 0 saturated heterocycles. The molecule has 1 aromatic heterocycles. The number of aromatic nitrogens is 2. The lowest BCUT2D eigenvalue weighted by molar-refractivity contribution is 0.0767. The maximum atomic E-state index is 14.0. The Hall–Kier alpha value is -3.41. The van der Waals surface area contributed by atoms with Crippen LogP contribution in [0.3, 0.4) is 0 Å². The molecule has 6 heteroatoms. The number of nitrogens with zero attached hydrogens (tertiary/aromatic N) is 3. The molecule has 2 aromatic carbocycles. The number of phenolic OH excluding ortho intramolecular Hbond substituents is 1. The maximum absolute atomic E-state index is 14.0. The van der Waals surface area contributed by atoms with Gasteiger partial charge in [0.15, 0.2) is 0 Å². The largest absolute Gasteiger partial charge is 0.508 e. The summed E-state index contributed by atoms with van der Waals surface area (Å²) >= 11 is 0. The van der Waals surface area contributed by atoms with Crippen LogP contribution in [0.4, 0.5) is 4.39 Å². The zero-order valence-electron chi connectivity index (χ0n) is 16.4. The summed E-state index contributed by atoms with van der Waals surface area (Å²) < 4.78 is 16.0. The van der Waals surface area contributed by atoms with E-state index in [1.54, 1.807) is 4.90 Å². The van der Waals surface area contributed by atoms with Crippen molar-refractivity contribution in [2.75, 3.05) is 13.1 Å². The Balaban J connectivity index is 1.61. The molecule has 0 unspecified atom stereocenters. The molecule has 1 N–H and O–H groups in total. The van der Waals surface area contributed by atoms with Crippen LogP contribution in [-0.4, -0.2) is 38.8 Å². The van der Waals surface area contributed by atoms with Gasteiger partial charge >= 0.3 is 0 Å². The lowest BCUT2D eigenvalue weighted by Crippen LogP contribution is -2.35. The predicted molar refractivity (Wildman–Crippen MR) is 110 cm³/mol. The van der Waals surface area contributed by atoms with Crippen LogP contribution in [0.5, 0.6) is 5.75 Å². The summed E-state index contributed by atoms with van der Waals surface area (Å²) in [6.45, 7) is 4.86. The first kappa shape index (κ1) is 18.9. The monoisotopic (exact) mass is 391 g/mol. The topological polar surface area (TPSA) is 58.4 Å². The lowest BCUT2D eigenvalue weighted by Gasteiger charge is -2.27. The zero-order chi connectivity index (χ0) is 20.5. The highest BCUT2D eigenvalue weighted by Gasteiger charge is 2.24. The van der Waals surface area contributed by atoms with E-state index in [0.29, 0.717) is 19.5 Å². The van der Waals surface area contributed by atoms with Crippen LogP contribution in [0.2, 0.25) is 0 Å². The molecular formula is C23H22FN3O2. The average Bonchev–Trinajstić information content (AvgIpc) is 3.11. The van der Waals surface area contributed by atoms with Gasteiger partial charge in [0.1, 0.15) is 11.6 Å². The standard InChI is InChI=1S/C23H22FN3O2/c1-15-5-3-4-6-21(15)27-22(13-16(2)25-27)17-9-11-26(12-10-17)23(29)19-14-18(28)7-8-20(19)24/h3-9,13-14,28H,10-12H2,1-2H3. The Morgan fingerprint density at radius 3 is 2.66 bits per heavy atom. The lowest BCUT2D eigenvalue weighted by atomic mass is 10.0. The minimum absolute atomic E-state index is 0.109. The molecule has 0 spiro atoms. The highest BCUT2D eigenvalue weighted by molar-refractivity contribution is 5.95. The van der Waals surface area contributed by atoms with Gasteiger partial charge in [-0.2, -0.15) is 5.10 Å². The number of hydrogen-bond donors (Lipinski definition) is 1. The number of benzene rings is 2. The molecule has 1 aliphatic rings. The summed E-state index contributed by atoms with van der Waals surface area (Å²) in [6.07, 6.45) is 2.64. The number of amides is 1. The van der Waals surface area contributed by atoms with E-state index in [1.165, 1.54) is 12.1 Å². The van der Waals surface area contributed by atoms with Crippen molar-refractivity contribution < 1.29 is 14.3 Å². The summed E-state index contributed by atoms with van der Waals surface area (Å²) in [6, 6.07) is 13.6. The number of hydrogen-bond acceptors (Lipinski definition) is 3. The van der Waals surface area contributed by atoms with Gasteiger partial charge in [-0.05, 0) is 61.7 Å². The third kappa shape index (κ3) is 3.66. The van der Waals surface area contributed by atoms with E-state index < -0.39 is 11.7 Å². The van der Waals surface area contributed by atoms with Gasteiger partial charge in [0.25, 0.3) is 5.91 Å². The smallest absolute Gasteiger partial charge is 0.257 e. The fourth-order valence-electron chi connectivity index (χ4n) is 3.65. The van der Waals surface area contributed by atoms with Gasteiger partial charge in [0.05, 0.1) is 22.6 Å². The molecule has 0 bridgehead atoms. The van der Waals surface area contributed by atoms with E-state index in [-0.39, 0.29) is 11.3 Å². The first-order valence-electron chi connectivity index (χ1n) is 9.54. The molecule has 2 heterocycles. The molecule has 0 saturated carbocycles. The molecule has 5 nitrogen and oxygen atoms in total. The van der Waals surface area contributed by atoms with E-state index in [1.807, 2.05) is 41.9 Å². The highest BCUT2D eigenvalue weighted by atomic mass is 19.1. The zero-order valence-corrected chi connectivity index (χ0v) is 16.4. The molecular weight excluding hydrogens is 369 g/mol. The van der Waals surface area contributed by atoms with Crippen molar-refractivity contribution >= 4 is 11.5 Å². The fraction of sp³-hybridized carbons (Fsp3) is 0.217. The van der Waals surface area contributed by atoms with Crippen molar-refractivity contribution in [1.29, 1.82) is 0 Å². The van der Waals surface area contributed by atoms with Gasteiger partial charge < -0.3 is 10.0 Å². The van der Waals surface area contributed by atoms with Crippen molar-refractivity contribution in [2.45, 2.75) is 20.3 Å². The Morgan fingerprint density at radius 2 is 1.93 bits per heavy atom. The van der Waals surface area contributed by atoms with Crippen molar-refractivity contribution in [2.24, 2.45) is 0 Å². The Kier molecular flexibility index (Phi) is 4.92. The van der Waals surface area contributed by atoms with Gasteiger partial charge in [-0.3, -0.25) is 4.79 Å². The van der Waals surface area contributed by atoms with Gasteiger partial charge in [0, 0.05) is 13.1 Å². The number of para-hydroxylation sites is 1. The first-order chi connectivity index (χ1) is 13.9. The summed E-state index contributed by atoms with van der Waals surface area (Å²) in [5.74, 6) is -1.17. The second-order valence-corrected chi connectivity index (χ2v) is 7.26. The van der Waals surface area contributed by atoms with Crippen LogP contribution >= 0.6 is 0 Å². The predicted octanol–water partition coefficient (Wildman–Crippen LogP) is 4.26. The first-order valence-corrected chi connectivity index (χ1v) is 9.54. The second-order valence-electron chi connectivity index (χ2n) is 7.26. The average molecular weight is 391 g/mol. The van der Waals surface area contributed by atoms with Crippen molar-refractivity contribution in [1.82, 2.24) is 14.7 Å². The Morgan fingerprint density at radius 1 is 1.14 bits per heavy atom. The molecule has 0 atom stereocenters. The Labute approximate surface area is 168 Å². The van der Waals surface area contributed by atoms with E-state index in [0.717, 1.165) is 34.3 Å². The van der Waals surface area contributed by atoms with E-state index >= 15 is 0 Å². The quantitative estimate of drug-likeness (QED) is 0.726. The number of rotatable bonds is 3. The number of aromatic hydroxyl groups is 1. The Bertz CT molecular complexity index is 1120. The van der Waals surface area contributed by atoms with Crippen LogP contribution in [-0.2, 0) is 0 Å². The highest BCUT2D eigenvalue weighted by Crippen LogP contribution is 2.28.